The van der Waals surface area contributed by atoms with E-state index in [1.165, 1.54) is 0 Å². The highest BCUT2D eigenvalue weighted by molar-refractivity contribution is 5.98. The van der Waals surface area contributed by atoms with Crippen molar-refractivity contribution < 1.29 is 19.5 Å². The third-order valence-electron chi connectivity index (χ3n) is 3.19. The Kier molecular flexibility index (Phi) is 3.67. The van der Waals surface area contributed by atoms with Crippen LogP contribution in [0.2, 0.25) is 0 Å². The third kappa shape index (κ3) is 2.40. The van der Waals surface area contributed by atoms with Crippen molar-refractivity contribution in [3.8, 4) is 0 Å². The number of rotatable bonds is 4. The number of carboxylic acids is 1. The van der Waals surface area contributed by atoms with Crippen LogP contribution in [0, 0.1) is 5.41 Å². The predicted octanol–water partition coefficient (Wildman–Crippen LogP) is 1.03. The van der Waals surface area contributed by atoms with Crippen molar-refractivity contribution >= 4 is 17.8 Å². The van der Waals surface area contributed by atoms with Gasteiger partial charge in [-0.1, -0.05) is 6.92 Å². The number of hydrogen-bond acceptors (Lipinski definition) is 3. The lowest BCUT2D eigenvalue weighted by molar-refractivity contribution is -0.156. The molecule has 0 aliphatic carbocycles. The highest BCUT2D eigenvalue weighted by Crippen LogP contribution is 2.25. The number of carbonyl (C=O) groups is 3. The van der Waals surface area contributed by atoms with Crippen LogP contribution in [0.15, 0.2) is 0 Å². The summed E-state index contributed by atoms with van der Waals surface area (Å²) >= 11 is 0. The highest BCUT2D eigenvalue weighted by atomic mass is 16.4. The van der Waals surface area contributed by atoms with Crippen LogP contribution in [-0.2, 0) is 14.4 Å². The van der Waals surface area contributed by atoms with Crippen LogP contribution in [-0.4, -0.2) is 34.3 Å². The zero-order valence-corrected chi connectivity index (χ0v) is 9.65. The van der Waals surface area contributed by atoms with Gasteiger partial charge in [0.1, 0.15) is 0 Å². The first-order valence-corrected chi connectivity index (χ1v) is 5.47. The molecule has 0 aromatic carbocycles. The van der Waals surface area contributed by atoms with Gasteiger partial charge in [-0.05, 0) is 19.8 Å². The van der Waals surface area contributed by atoms with Gasteiger partial charge in [0.05, 0.1) is 5.41 Å². The van der Waals surface area contributed by atoms with E-state index in [2.05, 4.69) is 0 Å². The average molecular weight is 227 g/mol. The first-order chi connectivity index (χ1) is 7.40. The number of hydrogen-bond donors (Lipinski definition) is 1. The molecular weight excluding hydrogens is 210 g/mol. The van der Waals surface area contributed by atoms with Crippen molar-refractivity contribution in [1.82, 2.24) is 4.90 Å². The number of piperidine rings is 1. The van der Waals surface area contributed by atoms with Crippen molar-refractivity contribution in [3.05, 3.63) is 0 Å². The summed E-state index contributed by atoms with van der Waals surface area (Å²) in [5, 5.41) is 9.09. The van der Waals surface area contributed by atoms with Gasteiger partial charge < -0.3 is 5.11 Å². The van der Waals surface area contributed by atoms with E-state index in [0.717, 1.165) is 4.90 Å². The van der Waals surface area contributed by atoms with Crippen LogP contribution < -0.4 is 0 Å². The number of likely N-dealkylation sites (tertiary alicyclic amines) is 1. The van der Waals surface area contributed by atoms with Gasteiger partial charge in [-0.3, -0.25) is 19.3 Å². The van der Waals surface area contributed by atoms with E-state index >= 15 is 0 Å². The molecule has 1 heterocycles. The Morgan fingerprint density at radius 1 is 1.38 bits per heavy atom. The summed E-state index contributed by atoms with van der Waals surface area (Å²) in [6.45, 7) is 3.29. The lowest BCUT2D eigenvalue weighted by atomic mass is 9.86. The summed E-state index contributed by atoms with van der Waals surface area (Å²) in [5.74, 6) is -1.48. The fourth-order valence-corrected chi connectivity index (χ4v) is 1.66. The molecule has 0 aromatic heterocycles. The molecule has 1 saturated heterocycles. The van der Waals surface area contributed by atoms with Crippen LogP contribution in [0.3, 0.4) is 0 Å². The molecule has 1 unspecified atom stereocenters. The van der Waals surface area contributed by atoms with Gasteiger partial charge in [0.2, 0.25) is 11.8 Å². The highest BCUT2D eigenvalue weighted by Gasteiger charge is 2.38. The largest absolute Gasteiger partial charge is 0.481 e. The summed E-state index contributed by atoms with van der Waals surface area (Å²) < 4.78 is 0. The maximum absolute atomic E-state index is 11.5. The normalized spacial score (nSPS) is 20.8. The molecule has 16 heavy (non-hydrogen) atoms. The number of amides is 2. The molecule has 1 aliphatic heterocycles. The molecule has 0 saturated carbocycles. The molecular formula is C11H17NO4. The molecule has 5 heteroatoms. The average Bonchev–Trinajstić information content (AvgIpc) is 2.23. The topological polar surface area (TPSA) is 74.7 Å². The zero-order valence-electron chi connectivity index (χ0n) is 9.65. The summed E-state index contributed by atoms with van der Waals surface area (Å²) in [5.41, 5.74) is -1.04. The third-order valence-corrected chi connectivity index (χ3v) is 3.19. The smallest absolute Gasteiger partial charge is 0.311 e. The van der Waals surface area contributed by atoms with E-state index in [0.29, 0.717) is 25.7 Å². The van der Waals surface area contributed by atoms with Gasteiger partial charge in [0, 0.05) is 19.4 Å². The molecule has 1 rings (SSSR count). The standard InChI is InChI=1S/C11H17NO4/c1-3-11(2,10(15)16)7-12-8(13)5-4-6-9(12)14/h3-7H2,1-2H3,(H,15,16). The van der Waals surface area contributed by atoms with Crippen LogP contribution in [0.25, 0.3) is 0 Å². The minimum atomic E-state index is -1.04. The molecule has 1 atom stereocenters. The molecule has 0 radical (unpaired) electrons. The Labute approximate surface area is 94.4 Å². The SMILES string of the molecule is CCC(C)(CN1C(=O)CCCC1=O)C(=O)O. The summed E-state index contributed by atoms with van der Waals surface area (Å²) in [4.78, 5) is 35.3. The van der Waals surface area contributed by atoms with Crippen molar-refractivity contribution in [2.75, 3.05) is 6.54 Å². The van der Waals surface area contributed by atoms with Crippen LogP contribution in [0.5, 0.6) is 0 Å². The fraction of sp³-hybridized carbons (Fsp3) is 0.727. The number of imide groups is 1. The van der Waals surface area contributed by atoms with Crippen LogP contribution >= 0.6 is 0 Å². The fourth-order valence-electron chi connectivity index (χ4n) is 1.66. The van der Waals surface area contributed by atoms with Crippen molar-refractivity contribution in [2.24, 2.45) is 5.41 Å². The molecule has 5 nitrogen and oxygen atoms in total. The van der Waals surface area contributed by atoms with E-state index in [-0.39, 0.29) is 18.4 Å². The van der Waals surface area contributed by atoms with E-state index in [1.807, 2.05) is 0 Å². The molecule has 90 valence electrons. The minimum Gasteiger partial charge on any atom is -0.481 e. The summed E-state index contributed by atoms with van der Waals surface area (Å²) in [6, 6.07) is 0. The molecule has 0 bridgehead atoms. The minimum absolute atomic E-state index is 0.0174. The van der Waals surface area contributed by atoms with Gasteiger partial charge in [-0.2, -0.15) is 0 Å². The Morgan fingerprint density at radius 2 is 1.88 bits per heavy atom. The van der Waals surface area contributed by atoms with Crippen molar-refractivity contribution in [3.63, 3.8) is 0 Å². The van der Waals surface area contributed by atoms with Crippen LogP contribution in [0.4, 0.5) is 0 Å². The molecule has 0 aromatic rings. The number of carboxylic acid groups (broad SMARTS) is 1. The molecule has 1 fully saturated rings. The van der Waals surface area contributed by atoms with Gasteiger partial charge in [0.25, 0.3) is 0 Å². The quantitative estimate of drug-likeness (QED) is 0.728. The second-order valence-corrected chi connectivity index (χ2v) is 4.45. The second kappa shape index (κ2) is 4.63. The Balaban J connectivity index is 2.81. The summed E-state index contributed by atoms with van der Waals surface area (Å²) in [6.07, 6.45) is 1.64. The van der Waals surface area contributed by atoms with Gasteiger partial charge >= 0.3 is 5.97 Å². The van der Waals surface area contributed by atoms with Crippen molar-refractivity contribution in [2.45, 2.75) is 39.5 Å². The Hall–Kier alpha value is -1.39. The first-order valence-electron chi connectivity index (χ1n) is 5.47. The number of aliphatic carboxylic acids is 1. The van der Waals surface area contributed by atoms with E-state index < -0.39 is 11.4 Å². The lowest BCUT2D eigenvalue weighted by Gasteiger charge is -2.32. The maximum atomic E-state index is 11.5. The molecule has 1 aliphatic rings. The van der Waals surface area contributed by atoms with Gasteiger partial charge in [0.15, 0.2) is 0 Å². The van der Waals surface area contributed by atoms with Crippen LogP contribution in [0.1, 0.15) is 39.5 Å². The number of carbonyl (C=O) groups excluding carboxylic acids is 2. The van der Waals surface area contributed by atoms with E-state index in [9.17, 15) is 14.4 Å². The molecule has 2 amide bonds. The number of nitrogens with zero attached hydrogens (tertiary/aromatic N) is 1. The second-order valence-electron chi connectivity index (χ2n) is 4.45. The predicted molar refractivity (Wildman–Crippen MR) is 56.6 cm³/mol. The van der Waals surface area contributed by atoms with Gasteiger partial charge in [-0.25, -0.2) is 0 Å². The first kappa shape index (κ1) is 12.7. The molecule has 0 spiro atoms. The Bertz CT molecular complexity index is 310. The van der Waals surface area contributed by atoms with Gasteiger partial charge in [-0.15, -0.1) is 0 Å². The Morgan fingerprint density at radius 3 is 2.25 bits per heavy atom. The maximum Gasteiger partial charge on any atom is 0.311 e. The zero-order chi connectivity index (χ0) is 12.3. The monoisotopic (exact) mass is 227 g/mol. The lowest BCUT2D eigenvalue weighted by Crippen LogP contribution is -2.48. The van der Waals surface area contributed by atoms with E-state index in [4.69, 9.17) is 5.11 Å². The van der Waals surface area contributed by atoms with Crippen molar-refractivity contribution in [1.29, 1.82) is 0 Å². The van der Waals surface area contributed by atoms with E-state index in [1.54, 1.807) is 13.8 Å². The summed E-state index contributed by atoms with van der Waals surface area (Å²) in [7, 11) is 0. The molecule has 1 N–H and O–H groups in total.